The van der Waals surface area contributed by atoms with Crippen molar-refractivity contribution >= 4 is 11.8 Å². The van der Waals surface area contributed by atoms with E-state index in [-0.39, 0.29) is 35.4 Å². The van der Waals surface area contributed by atoms with Crippen LogP contribution in [0.4, 0.5) is 0 Å². The molecule has 0 aromatic carbocycles. The standard InChI is InChI=1S/C23H36N4O2/c1-23(2,3)27-19-12-7-11-18(17(19)15-24-27)25-21(28)20-13-8-14-26(20)22(29)16-9-5-4-6-10-16/h15-16,18,20H,4-14H2,1-3H3,(H,25,28)/t18-,20+/m1/s1. The monoisotopic (exact) mass is 400 g/mol. The van der Waals surface area contributed by atoms with Crippen molar-refractivity contribution in [1.29, 1.82) is 0 Å². The molecule has 29 heavy (non-hydrogen) atoms. The Morgan fingerprint density at radius 1 is 1.03 bits per heavy atom. The molecule has 0 bridgehead atoms. The van der Waals surface area contributed by atoms with Crippen LogP contribution in [0.15, 0.2) is 6.20 Å². The van der Waals surface area contributed by atoms with E-state index in [4.69, 9.17) is 0 Å². The highest BCUT2D eigenvalue weighted by atomic mass is 16.2. The van der Waals surface area contributed by atoms with Gasteiger partial charge in [-0.3, -0.25) is 14.3 Å². The van der Waals surface area contributed by atoms with E-state index in [1.54, 1.807) is 0 Å². The Bertz CT molecular complexity index is 757. The smallest absolute Gasteiger partial charge is 0.243 e. The Labute approximate surface area is 174 Å². The number of hydrogen-bond donors (Lipinski definition) is 1. The van der Waals surface area contributed by atoms with Crippen molar-refractivity contribution in [3.8, 4) is 0 Å². The first-order chi connectivity index (χ1) is 13.9. The lowest BCUT2D eigenvalue weighted by molar-refractivity contribution is -0.142. The molecule has 2 atom stereocenters. The van der Waals surface area contributed by atoms with E-state index < -0.39 is 0 Å². The molecular formula is C23H36N4O2. The molecule has 0 unspecified atom stereocenters. The summed E-state index contributed by atoms with van der Waals surface area (Å²) in [6, 6.07) is -0.290. The average molecular weight is 401 g/mol. The van der Waals surface area contributed by atoms with Gasteiger partial charge in [0.1, 0.15) is 6.04 Å². The summed E-state index contributed by atoms with van der Waals surface area (Å²) >= 11 is 0. The first-order valence-corrected chi connectivity index (χ1v) is 11.5. The molecular weight excluding hydrogens is 364 g/mol. The molecule has 1 aliphatic heterocycles. The summed E-state index contributed by atoms with van der Waals surface area (Å²) in [4.78, 5) is 28.1. The van der Waals surface area contributed by atoms with Crippen molar-refractivity contribution in [1.82, 2.24) is 20.0 Å². The van der Waals surface area contributed by atoms with Gasteiger partial charge in [0.05, 0.1) is 17.8 Å². The van der Waals surface area contributed by atoms with Gasteiger partial charge in [-0.2, -0.15) is 5.10 Å². The van der Waals surface area contributed by atoms with Gasteiger partial charge >= 0.3 is 0 Å². The van der Waals surface area contributed by atoms with E-state index in [2.05, 4.69) is 35.9 Å². The summed E-state index contributed by atoms with van der Waals surface area (Å²) in [6.07, 6.45) is 12.1. The second kappa shape index (κ2) is 8.11. The lowest BCUT2D eigenvalue weighted by Gasteiger charge is -2.32. The first-order valence-electron chi connectivity index (χ1n) is 11.5. The number of aromatic nitrogens is 2. The highest BCUT2D eigenvalue weighted by Crippen LogP contribution is 2.33. The fourth-order valence-electron chi connectivity index (χ4n) is 5.44. The Morgan fingerprint density at radius 3 is 2.52 bits per heavy atom. The SMILES string of the molecule is CC(C)(C)n1ncc2c1CCC[C@H]2NC(=O)[C@@H]1CCCN1C(=O)C1CCCCC1. The summed E-state index contributed by atoms with van der Waals surface area (Å²) in [5, 5.41) is 7.91. The number of nitrogens with zero attached hydrogens (tertiary/aromatic N) is 3. The maximum atomic E-state index is 13.2. The normalized spacial score (nSPS) is 25.7. The van der Waals surface area contributed by atoms with Crippen LogP contribution in [-0.4, -0.2) is 39.1 Å². The minimum absolute atomic E-state index is 0.00887. The average Bonchev–Trinajstić information content (AvgIpc) is 3.35. The lowest BCUT2D eigenvalue weighted by Crippen LogP contribution is -2.49. The van der Waals surface area contributed by atoms with Gasteiger partial charge in [0.15, 0.2) is 0 Å². The van der Waals surface area contributed by atoms with Crippen LogP contribution in [-0.2, 0) is 21.5 Å². The molecule has 1 aromatic rings. The molecule has 1 saturated heterocycles. The largest absolute Gasteiger partial charge is 0.347 e. The molecule has 0 radical (unpaired) electrons. The molecule has 2 amide bonds. The van der Waals surface area contributed by atoms with Gasteiger partial charge in [-0.1, -0.05) is 19.3 Å². The fraction of sp³-hybridized carbons (Fsp3) is 0.783. The number of fused-ring (bicyclic) bond motifs is 1. The van der Waals surface area contributed by atoms with Crippen molar-refractivity contribution < 1.29 is 9.59 Å². The third kappa shape index (κ3) is 4.08. The van der Waals surface area contributed by atoms with Crippen molar-refractivity contribution in [2.24, 2.45) is 5.92 Å². The van der Waals surface area contributed by atoms with E-state index >= 15 is 0 Å². The van der Waals surface area contributed by atoms with Crippen LogP contribution in [0.25, 0.3) is 0 Å². The number of amides is 2. The van der Waals surface area contributed by atoms with Crippen LogP contribution < -0.4 is 5.32 Å². The zero-order valence-electron chi connectivity index (χ0n) is 18.2. The van der Waals surface area contributed by atoms with Crippen LogP contribution >= 0.6 is 0 Å². The molecule has 2 aliphatic carbocycles. The van der Waals surface area contributed by atoms with Gasteiger partial charge in [0, 0.05) is 23.7 Å². The predicted octanol–water partition coefficient (Wildman–Crippen LogP) is 3.70. The molecule has 1 aromatic heterocycles. The predicted molar refractivity (Wildman–Crippen MR) is 112 cm³/mol. The van der Waals surface area contributed by atoms with E-state index in [0.717, 1.165) is 69.9 Å². The maximum absolute atomic E-state index is 13.2. The third-order valence-corrected chi connectivity index (χ3v) is 6.93. The van der Waals surface area contributed by atoms with Crippen molar-refractivity contribution in [3.05, 3.63) is 17.5 Å². The number of likely N-dealkylation sites (tertiary alicyclic amines) is 1. The molecule has 2 fully saturated rings. The van der Waals surface area contributed by atoms with Gasteiger partial charge in [0.2, 0.25) is 11.8 Å². The molecule has 3 aliphatic rings. The molecule has 2 heterocycles. The van der Waals surface area contributed by atoms with Crippen LogP contribution in [0.1, 0.15) is 95.9 Å². The van der Waals surface area contributed by atoms with E-state index in [9.17, 15) is 9.59 Å². The van der Waals surface area contributed by atoms with Gasteiger partial charge in [-0.15, -0.1) is 0 Å². The summed E-state index contributed by atoms with van der Waals surface area (Å²) in [6.45, 7) is 7.21. The molecule has 160 valence electrons. The van der Waals surface area contributed by atoms with Crippen LogP contribution in [0, 0.1) is 5.92 Å². The molecule has 1 N–H and O–H groups in total. The Morgan fingerprint density at radius 2 is 1.79 bits per heavy atom. The van der Waals surface area contributed by atoms with E-state index in [1.807, 2.05) is 11.1 Å². The minimum atomic E-state index is -0.299. The van der Waals surface area contributed by atoms with Crippen molar-refractivity contribution in [3.63, 3.8) is 0 Å². The van der Waals surface area contributed by atoms with E-state index in [0.29, 0.717) is 0 Å². The van der Waals surface area contributed by atoms with Crippen LogP contribution in [0.2, 0.25) is 0 Å². The number of carbonyl (C=O) groups excluding carboxylic acids is 2. The highest BCUT2D eigenvalue weighted by molar-refractivity contribution is 5.89. The molecule has 6 heteroatoms. The summed E-state index contributed by atoms with van der Waals surface area (Å²) in [5.41, 5.74) is 2.34. The molecule has 1 saturated carbocycles. The summed E-state index contributed by atoms with van der Waals surface area (Å²) in [5.74, 6) is 0.365. The second-order valence-electron chi connectivity index (χ2n) is 10.1. The van der Waals surface area contributed by atoms with E-state index in [1.165, 1.54) is 12.1 Å². The zero-order valence-corrected chi connectivity index (χ0v) is 18.2. The minimum Gasteiger partial charge on any atom is -0.347 e. The maximum Gasteiger partial charge on any atom is 0.243 e. The highest BCUT2D eigenvalue weighted by Gasteiger charge is 2.38. The fourth-order valence-corrected chi connectivity index (χ4v) is 5.44. The van der Waals surface area contributed by atoms with Crippen molar-refractivity contribution in [2.75, 3.05) is 6.54 Å². The number of nitrogens with one attached hydrogen (secondary N) is 1. The Balaban J connectivity index is 1.46. The molecule has 4 rings (SSSR count). The van der Waals surface area contributed by atoms with Crippen LogP contribution in [0.5, 0.6) is 0 Å². The van der Waals surface area contributed by atoms with Gasteiger partial charge in [-0.25, -0.2) is 0 Å². The quantitative estimate of drug-likeness (QED) is 0.841. The topological polar surface area (TPSA) is 67.2 Å². The van der Waals surface area contributed by atoms with Crippen molar-refractivity contribution in [2.45, 2.75) is 103 Å². The Hall–Kier alpha value is -1.85. The number of rotatable bonds is 3. The van der Waals surface area contributed by atoms with Crippen LogP contribution in [0.3, 0.4) is 0 Å². The summed E-state index contributed by atoms with van der Waals surface area (Å²) in [7, 11) is 0. The van der Waals surface area contributed by atoms with Gasteiger partial charge in [0.25, 0.3) is 0 Å². The zero-order chi connectivity index (χ0) is 20.6. The first kappa shape index (κ1) is 20.4. The second-order valence-corrected chi connectivity index (χ2v) is 10.1. The van der Waals surface area contributed by atoms with Gasteiger partial charge < -0.3 is 10.2 Å². The molecule has 6 nitrogen and oxygen atoms in total. The number of carbonyl (C=O) groups is 2. The Kier molecular flexibility index (Phi) is 5.71. The summed E-state index contributed by atoms with van der Waals surface area (Å²) < 4.78 is 2.11. The van der Waals surface area contributed by atoms with Gasteiger partial charge in [-0.05, 0) is 65.7 Å². The molecule has 0 spiro atoms. The third-order valence-electron chi connectivity index (χ3n) is 6.93. The number of hydrogen-bond acceptors (Lipinski definition) is 3. The lowest BCUT2D eigenvalue weighted by atomic mass is 9.88.